The second kappa shape index (κ2) is 8.86. The number of amides is 1. The van der Waals surface area contributed by atoms with Gasteiger partial charge in [-0.2, -0.15) is 0 Å². The van der Waals surface area contributed by atoms with E-state index in [1.807, 2.05) is 36.4 Å². The molecule has 1 aliphatic heterocycles. The van der Waals surface area contributed by atoms with Gasteiger partial charge in [-0.25, -0.2) is 0 Å². The number of esters is 1. The quantitative estimate of drug-likeness (QED) is 0.344. The van der Waals surface area contributed by atoms with Crippen LogP contribution < -0.4 is 0 Å². The highest BCUT2D eigenvalue weighted by atomic mass is 79.9. The Labute approximate surface area is 174 Å². The van der Waals surface area contributed by atoms with Crippen LogP contribution in [0.3, 0.4) is 0 Å². The van der Waals surface area contributed by atoms with E-state index in [-0.39, 0.29) is 18.3 Å². The van der Waals surface area contributed by atoms with E-state index in [0.29, 0.717) is 28.0 Å². The van der Waals surface area contributed by atoms with Crippen molar-refractivity contribution in [2.45, 2.75) is 12.8 Å². The molecule has 0 spiro atoms. The molecule has 140 valence electrons. The van der Waals surface area contributed by atoms with Crippen LogP contribution in [-0.2, 0) is 14.3 Å². The topological polar surface area (TPSA) is 59.8 Å². The minimum atomic E-state index is -0.299. The molecule has 1 aliphatic rings. The minimum absolute atomic E-state index is 0.170. The molecule has 1 aromatic heterocycles. The third-order valence-electron chi connectivity index (χ3n) is 3.89. The van der Waals surface area contributed by atoms with Gasteiger partial charge in [0.2, 0.25) is 0 Å². The molecule has 0 saturated carbocycles. The van der Waals surface area contributed by atoms with E-state index >= 15 is 0 Å². The van der Waals surface area contributed by atoms with Crippen LogP contribution in [0.5, 0.6) is 0 Å². The van der Waals surface area contributed by atoms with E-state index in [1.54, 1.807) is 6.08 Å². The number of hydrogen-bond acceptors (Lipinski definition) is 6. The lowest BCUT2D eigenvalue weighted by Gasteiger charge is -2.13. The molecular weight excluding hydrogens is 450 g/mol. The Balaban J connectivity index is 1.68. The molecule has 2 heterocycles. The normalized spacial score (nSPS) is 15.6. The first-order valence-corrected chi connectivity index (χ1v) is 10.2. The fraction of sp³-hybridized carbons (Fsp3) is 0.211. The van der Waals surface area contributed by atoms with Crippen LogP contribution >= 0.6 is 39.9 Å². The van der Waals surface area contributed by atoms with Crippen LogP contribution in [0.25, 0.3) is 17.4 Å². The van der Waals surface area contributed by atoms with Gasteiger partial charge in [-0.3, -0.25) is 14.5 Å². The van der Waals surface area contributed by atoms with Crippen molar-refractivity contribution in [2.24, 2.45) is 0 Å². The van der Waals surface area contributed by atoms with Gasteiger partial charge >= 0.3 is 5.97 Å². The average Bonchev–Trinajstić information content (AvgIpc) is 3.22. The second-order valence-corrected chi connectivity index (χ2v) is 8.31. The number of carbonyl (C=O) groups is 2. The molecule has 2 aromatic rings. The molecule has 27 heavy (non-hydrogen) atoms. The molecule has 1 amide bonds. The first-order valence-electron chi connectivity index (χ1n) is 8.16. The summed E-state index contributed by atoms with van der Waals surface area (Å²) < 4.78 is 11.9. The van der Waals surface area contributed by atoms with Crippen molar-refractivity contribution >= 4 is 62.2 Å². The number of rotatable bonds is 6. The van der Waals surface area contributed by atoms with Gasteiger partial charge in [0.05, 0.1) is 12.0 Å². The lowest BCUT2D eigenvalue weighted by molar-refractivity contribution is -0.141. The summed E-state index contributed by atoms with van der Waals surface area (Å²) in [6, 6.07) is 11.5. The largest absolute Gasteiger partial charge is 0.469 e. The molecule has 8 heteroatoms. The summed E-state index contributed by atoms with van der Waals surface area (Å²) in [4.78, 5) is 25.8. The molecule has 1 aromatic carbocycles. The van der Waals surface area contributed by atoms with E-state index in [4.69, 9.17) is 16.6 Å². The number of benzene rings is 1. The van der Waals surface area contributed by atoms with Gasteiger partial charge in [-0.15, -0.1) is 0 Å². The number of halogens is 1. The van der Waals surface area contributed by atoms with E-state index in [9.17, 15) is 9.59 Å². The van der Waals surface area contributed by atoms with Gasteiger partial charge in [-0.1, -0.05) is 52.0 Å². The molecule has 0 N–H and O–H groups in total. The number of carbonyl (C=O) groups excluding carboxylic acids is 2. The highest BCUT2D eigenvalue weighted by Gasteiger charge is 2.32. The number of nitrogens with zero attached hydrogens (tertiary/aromatic N) is 1. The molecule has 0 unspecified atom stereocenters. The Hall–Kier alpha value is -1.90. The van der Waals surface area contributed by atoms with Gasteiger partial charge in [0.25, 0.3) is 5.91 Å². The van der Waals surface area contributed by atoms with E-state index in [0.717, 1.165) is 15.8 Å². The Kier molecular flexibility index (Phi) is 6.51. The van der Waals surface area contributed by atoms with Crippen molar-refractivity contribution in [1.82, 2.24) is 4.90 Å². The van der Waals surface area contributed by atoms with E-state index in [1.165, 1.54) is 23.8 Å². The van der Waals surface area contributed by atoms with Crippen molar-refractivity contribution in [1.29, 1.82) is 0 Å². The molecule has 0 bridgehead atoms. The Bertz CT molecular complexity index is 905. The highest BCUT2D eigenvalue weighted by molar-refractivity contribution is 9.10. The SMILES string of the molecule is COC(=O)CCCN1C(=O)/C(=C/c2ccc(-c3ccc(Br)cc3)o2)SC1=S. The second-order valence-electron chi connectivity index (χ2n) is 5.72. The predicted octanol–water partition coefficient (Wildman–Crippen LogP) is 4.86. The smallest absolute Gasteiger partial charge is 0.305 e. The predicted molar refractivity (Wildman–Crippen MR) is 113 cm³/mol. The fourth-order valence-electron chi connectivity index (χ4n) is 2.51. The molecule has 0 atom stereocenters. The number of thioether (sulfide) groups is 1. The highest BCUT2D eigenvalue weighted by Crippen LogP contribution is 2.34. The summed E-state index contributed by atoms with van der Waals surface area (Å²) >= 11 is 9.93. The molecule has 0 radical (unpaired) electrons. The van der Waals surface area contributed by atoms with Gasteiger partial charge in [0, 0.05) is 29.1 Å². The van der Waals surface area contributed by atoms with Gasteiger partial charge in [-0.05, 0) is 30.7 Å². The summed E-state index contributed by atoms with van der Waals surface area (Å²) in [6.45, 7) is 0.388. The maximum Gasteiger partial charge on any atom is 0.305 e. The standard InChI is InChI=1S/C19H16BrNO4S2/c1-24-17(22)3-2-10-21-18(23)16(27-19(21)26)11-14-8-9-15(25-14)12-4-6-13(20)7-5-12/h4-9,11H,2-3,10H2,1H3/b16-11-. The van der Waals surface area contributed by atoms with Crippen molar-refractivity contribution in [3.63, 3.8) is 0 Å². The zero-order valence-corrected chi connectivity index (χ0v) is 17.7. The summed E-state index contributed by atoms with van der Waals surface area (Å²) in [5.74, 6) is 0.841. The maximum atomic E-state index is 12.6. The van der Waals surface area contributed by atoms with Crippen LogP contribution in [0, 0.1) is 0 Å². The zero-order valence-electron chi connectivity index (χ0n) is 14.4. The minimum Gasteiger partial charge on any atom is -0.469 e. The maximum absolute atomic E-state index is 12.6. The first-order chi connectivity index (χ1) is 13.0. The molecule has 5 nitrogen and oxygen atoms in total. The summed E-state index contributed by atoms with van der Waals surface area (Å²) in [5, 5.41) is 0. The van der Waals surface area contributed by atoms with Crippen molar-refractivity contribution in [2.75, 3.05) is 13.7 Å². The van der Waals surface area contributed by atoms with Crippen LogP contribution in [0.4, 0.5) is 0 Å². The molecule has 1 saturated heterocycles. The Morgan fingerprint density at radius 2 is 2.04 bits per heavy atom. The monoisotopic (exact) mass is 465 g/mol. The number of thiocarbonyl (C=S) groups is 1. The lowest BCUT2D eigenvalue weighted by atomic mass is 10.2. The third kappa shape index (κ3) is 4.88. The van der Waals surface area contributed by atoms with Crippen LogP contribution in [-0.4, -0.2) is 34.8 Å². The number of furan rings is 1. The summed E-state index contributed by atoms with van der Waals surface area (Å²) in [7, 11) is 1.34. The number of methoxy groups -OCH3 is 1. The number of ether oxygens (including phenoxy) is 1. The molecule has 1 fully saturated rings. The van der Waals surface area contributed by atoms with Crippen LogP contribution in [0.1, 0.15) is 18.6 Å². The summed E-state index contributed by atoms with van der Waals surface area (Å²) in [5.41, 5.74) is 0.952. The Morgan fingerprint density at radius 1 is 1.30 bits per heavy atom. The first kappa shape index (κ1) is 19.9. The van der Waals surface area contributed by atoms with Gasteiger partial charge < -0.3 is 9.15 Å². The van der Waals surface area contributed by atoms with Gasteiger partial charge in [0.1, 0.15) is 15.8 Å². The van der Waals surface area contributed by atoms with Crippen molar-refractivity contribution < 1.29 is 18.7 Å². The zero-order chi connectivity index (χ0) is 19.4. The molecule has 3 rings (SSSR count). The van der Waals surface area contributed by atoms with Crippen molar-refractivity contribution in [3.05, 3.63) is 51.5 Å². The van der Waals surface area contributed by atoms with Crippen LogP contribution in [0.15, 0.2) is 50.2 Å². The van der Waals surface area contributed by atoms with E-state index < -0.39 is 0 Å². The van der Waals surface area contributed by atoms with Crippen LogP contribution in [0.2, 0.25) is 0 Å². The third-order valence-corrected chi connectivity index (χ3v) is 5.80. The molecular formula is C19H16BrNO4S2. The summed E-state index contributed by atoms with van der Waals surface area (Å²) in [6.07, 6.45) is 2.45. The lowest BCUT2D eigenvalue weighted by Crippen LogP contribution is -2.29. The van der Waals surface area contributed by atoms with Gasteiger partial charge in [0.15, 0.2) is 0 Å². The average molecular weight is 466 g/mol. The Morgan fingerprint density at radius 3 is 2.74 bits per heavy atom. The molecule has 0 aliphatic carbocycles. The fourth-order valence-corrected chi connectivity index (χ4v) is 4.06. The van der Waals surface area contributed by atoms with E-state index in [2.05, 4.69) is 20.7 Å². The number of hydrogen-bond donors (Lipinski definition) is 0. The van der Waals surface area contributed by atoms with Crippen molar-refractivity contribution in [3.8, 4) is 11.3 Å².